The third-order valence-electron chi connectivity index (χ3n) is 5.90. The lowest BCUT2D eigenvalue weighted by Crippen LogP contribution is -2.14. The van der Waals surface area contributed by atoms with Gasteiger partial charge in [-0.3, -0.25) is 9.59 Å². The summed E-state index contributed by atoms with van der Waals surface area (Å²) in [6.45, 7) is 7.61. The van der Waals surface area contributed by atoms with Crippen LogP contribution in [0.25, 0.3) is 0 Å². The number of rotatable bonds is 23. The molecule has 0 radical (unpaired) electrons. The van der Waals surface area contributed by atoms with Crippen molar-refractivity contribution in [1.29, 1.82) is 0 Å². The van der Waals surface area contributed by atoms with Crippen LogP contribution in [-0.4, -0.2) is 25.2 Å². The molecular weight excluding hydrogens is 388 g/mol. The van der Waals surface area contributed by atoms with E-state index in [1.165, 1.54) is 64.2 Å². The van der Waals surface area contributed by atoms with Crippen LogP contribution in [0.4, 0.5) is 0 Å². The molecule has 0 saturated heterocycles. The van der Waals surface area contributed by atoms with Crippen LogP contribution in [0, 0.1) is 5.92 Å². The SMILES string of the molecule is CCCCCCCCCCCCCCOC(=O)CCCC(=O)OCC(CCC)CCC. The molecule has 0 aromatic heterocycles. The quantitative estimate of drug-likeness (QED) is 0.119. The highest BCUT2D eigenvalue weighted by Crippen LogP contribution is 2.15. The molecule has 0 heterocycles. The molecule has 0 aromatic rings. The van der Waals surface area contributed by atoms with Crippen molar-refractivity contribution in [2.45, 2.75) is 143 Å². The number of hydrogen-bond donors (Lipinski definition) is 0. The van der Waals surface area contributed by atoms with Gasteiger partial charge in [-0.25, -0.2) is 0 Å². The number of carbonyl (C=O) groups is 2. The minimum Gasteiger partial charge on any atom is -0.466 e. The van der Waals surface area contributed by atoms with Gasteiger partial charge in [0, 0.05) is 12.8 Å². The van der Waals surface area contributed by atoms with E-state index in [9.17, 15) is 9.59 Å². The molecule has 4 nitrogen and oxygen atoms in total. The Balaban J connectivity index is 3.43. The second-order valence-electron chi connectivity index (χ2n) is 9.09. The first-order chi connectivity index (χ1) is 15.1. The summed E-state index contributed by atoms with van der Waals surface area (Å²) in [4.78, 5) is 23.6. The van der Waals surface area contributed by atoms with Gasteiger partial charge in [-0.2, -0.15) is 0 Å². The van der Waals surface area contributed by atoms with E-state index in [0.717, 1.165) is 38.5 Å². The van der Waals surface area contributed by atoms with Gasteiger partial charge in [0.1, 0.15) is 0 Å². The first kappa shape index (κ1) is 29.9. The summed E-state index contributed by atoms with van der Waals surface area (Å²) in [5, 5.41) is 0. The van der Waals surface area contributed by atoms with Gasteiger partial charge in [0.2, 0.25) is 0 Å². The summed E-state index contributed by atoms with van der Waals surface area (Å²) in [5.41, 5.74) is 0. The van der Waals surface area contributed by atoms with E-state index < -0.39 is 0 Å². The van der Waals surface area contributed by atoms with Crippen LogP contribution >= 0.6 is 0 Å². The van der Waals surface area contributed by atoms with Gasteiger partial charge < -0.3 is 9.47 Å². The molecule has 31 heavy (non-hydrogen) atoms. The van der Waals surface area contributed by atoms with Gasteiger partial charge in [0.05, 0.1) is 13.2 Å². The van der Waals surface area contributed by atoms with E-state index in [0.29, 0.717) is 38.4 Å². The van der Waals surface area contributed by atoms with Crippen molar-refractivity contribution in [2.24, 2.45) is 5.92 Å². The Labute approximate surface area is 193 Å². The standard InChI is InChI=1S/C27H52O4/c1-4-7-8-9-10-11-12-13-14-15-16-17-23-30-26(28)21-18-22-27(29)31-24-25(19-5-2)20-6-3/h25H,4-24H2,1-3H3. The van der Waals surface area contributed by atoms with Gasteiger partial charge in [-0.1, -0.05) is 104 Å². The zero-order valence-electron chi connectivity index (χ0n) is 21.1. The maximum Gasteiger partial charge on any atom is 0.305 e. The first-order valence-electron chi connectivity index (χ1n) is 13.4. The van der Waals surface area contributed by atoms with Gasteiger partial charge >= 0.3 is 11.9 Å². The third-order valence-corrected chi connectivity index (χ3v) is 5.90. The fourth-order valence-electron chi connectivity index (χ4n) is 3.99. The molecule has 0 bridgehead atoms. The number of esters is 2. The van der Waals surface area contributed by atoms with Crippen LogP contribution in [-0.2, 0) is 19.1 Å². The van der Waals surface area contributed by atoms with Crippen molar-refractivity contribution >= 4 is 11.9 Å². The summed E-state index contributed by atoms with van der Waals surface area (Å²) >= 11 is 0. The molecule has 0 aliphatic rings. The Morgan fingerprint density at radius 1 is 0.548 bits per heavy atom. The molecule has 0 spiro atoms. The maximum absolute atomic E-state index is 11.8. The Kier molecular flexibility index (Phi) is 22.8. The Morgan fingerprint density at radius 2 is 1.00 bits per heavy atom. The van der Waals surface area contributed by atoms with Crippen molar-refractivity contribution in [3.8, 4) is 0 Å². The minimum absolute atomic E-state index is 0.189. The van der Waals surface area contributed by atoms with Crippen LogP contribution in [0.1, 0.15) is 143 Å². The number of carbonyl (C=O) groups excluding carboxylic acids is 2. The van der Waals surface area contributed by atoms with Crippen LogP contribution < -0.4 is 0 Å². The molecule has 0 fully saturated rings. The molecule has 4 heteroatoms. The normalized spacial score (nSPS) is 11.1. The highest BCUT2D eigenvalue weighted by atomic mass is 16.5. The fraction of sp³-hybridized carbons (Fsp3) is 0.926. The molecule has 0 amide bonds. The predicted molar refractivity (Wildman–Crippen MR) is 130 cm³/mol. The van der Waals surface area contributed by atoms with Crippen LogP contribution in [0.5, 0.6) is 0 Å². The number of unbranched alkanes of at least 4 members (excludes halogenated alkanes) is 11. The second-order valence-corrected chi connectivity index (χ2v) is 9.09. The van der Waals surface area contributed by atoms with Crippen LogP contribution in [0.15, 0.2) is 0 Å². The molecular formula is C27H52O4. The van der Waals surface area contributed by atoms with E-state index in [4.69, 9.17) is 9.47 Å². The highest BCUT2D eigenvalue weighted by Gasteiger charge is 2.11. The van der Waals surface area contributed by atoms with Crippen molar-refractivity contribution < 1.29 is 19.1 Å². The van der Waals surface area contributed by atoms with E-state index >= 15 is 0 Å². The lowest BCUT2D eigenvalue weighted by Gasteiger charge is -2.15. The monoisotopic (exact) mass is 440 g/mol. The molecule has 0 rings (SSSR count). The lowest BCUT2D eigenvalue weighted by molar-refractivity contribution is -0.146. The molecule has 0 aromatic carbocycles. The largest absolute Gasteiger partial charge is 0.466 e. The maximum atomic E-state index is 11.8. The second kappa shape index (κ2) is 23.6. The smallest absolute Gasteiger partial charge is 0.305 e. The predicted octanol–water partition coefficient (Wildman–Crippen LogP) is 8.16. The first-order valence-corrected chi connectivity index (χ1v) is 13.4. The van der Waals surface area contributed by atoms with E-state index in [1.807, 2.05) is 0 Å². The topological polar surface area (TPSA) is 52.6 Å². The van der Waals surface area contributed by atoms with E-state index in [1.54, 1.807) is 0 Å². The van der Waals surface area contributed by atoms with Gasteiger partial charge in [0.25, 0.3) is 0 Å². The van der Waals surface area contributed by atoms with Crippen molar-refractivity contribution in [3.63, 3.8) is 0 Å². The minimum atomic E-state index is -0.189. The summed E-state index contributed by atoms with van der Waals surface area (Å²) in [5.74, 6) is 0.0937. The van der Waals surface area contributed by atoms with Crippen molar-refractivity contribution in [2.75, 3.05) is 13.2 Å². The number of ether oxygens (including phenoxy) is 2. The Morgan fingerprint density at radius 3 is 1.48 bits per heavy atom. The zero-order chi connectivity index (χ0) is 23.0. The fourth-order valence-corrected chi connectivity index (χ4v) is 3.99. The van der Waals surface area contributed by atoms with E-state index in [-0.39, 0.29) is 11.9 Å². The van der Waals surface area contributed by atoms with Crippen molar-refractivity contribution in [3.05, 3.63) is 0 Å². The van der Waals surface area contributed by atoms with Crippen LogP contribution in [0.2, 0.25) is 0 Å². The third kappa shape index (κ3) is 21.9. The lowest BCUT2D eigenvalue weighted by atomic mass is 9.99. The van der Waals surface area contributed by atoms with Gasteiger partial charge in [-0.05, 0) is 31.6 Å². The van der Waals surface area contributed by atoms with E-state index in [2.05, 4.69) is 20.8 Å². The average molecular weight is 441 g/mol. The summed E-state index contributed by atoms with van der Waals surface area (Å²) in [6.07, 6.45) is 21.2. The molecule has 0 atom stereocenters. The Hall–Kier alpha value is -1.06. The summed E-state index contributed by atoms with van der Waals surface area (Å²) < 4.78 is 10.7. The zero-order valence-corrected chi connectivity index (χ0v) is 21.1. The molecule has 0 aliphatic heterocycles. The molecule has 0 aliphatic carbocycles. The summed E-state index contributed by atoms with van der Waals surface area (Å²) in [6, 6.07) is 0. The Bertz CT molecular complexity index is 402. The summed E-state index contributed by atoms with van der Waals surface area (Å²) in [7, 11) is 0. The number of hydrogen-bond acceptors (Lipinski definition) is 4. The molecule has 0 unspecified atom stereocenters. The molecule has 184 valence electrons. The molecule has 0 N–H and O–H groups in total. The van der Waals surface area contributed by atoms with Crippen molar-refractivity contribution in [1.82, 2.24) is 0 Å². The van der Waals surface area contributed by atoms with Gasteiger partial charge in [-0.15, -0.1) is 0 Å². The van der Waals surface area contributed by atoms with Crippen LogP contribution in [0.3, 0.4) is 0 Å². The molecule has 0 saturated carbocycles. The van der Waals surface area contributed by atoms with Gasteiger partial charge in [0.15, 0.2) is 0 Å². The highest BCUT2D eigenvalue weighted by molar-refractivity contribution is 5.72. The average Bonchev–Trinajstić information content (AvgIpc) is 2.75.